The Morgan fingerprint density at radius 1 is 1.17 bits per heavy atom. The van der Waals surface area contributed by atoms with E-state index in [2.05, 4.69) is 16.0 Å². The van der Waals surface area contributed by atoms with Crippen LogP contribution >= 0.6 is 0 Å². The molecular weight excluding hydrogens is 369 g/mol. The molecular formula is C23H28FN3O2. The summed E-state index contributed by atoms with van der Waals surface area (Å²) >= 11 is 0. The number of carbonyl (C=O) groups excluding carboxylic acids is 2. The smallest absolute Gasteiger partial charge is 0.247 e. The molecule has 2 unspecified atom stereocenters. The topological polar surface area (TPSA) is 70.2 Å². The van der Waals surface area contributed by atoms with Crippen molar-refractivity contribution >= 4 is 17.5 Å². The lowest BCUT2D eigenvalue weighted by atomic mass is 9.95. The third-order valence-corrected chi connectivity index (χ3v) is 5.12. The molecule has 3 rings (SSSR count). The molecule has 1 heterocycles. The fraction of sp³-hybridized carbons (Fsp3) is 0.391. The maximum Gasteiger partial charge on any atom is 0.247 e. The molecule has 0 radical (unpaired) electrons. The Labute approximate surface area is 171 Å². The fourth-order valence-corrected chi connectivity index (χ4v) is 3.56. The predicted molar refractivity (Wildman–Crippen MR) is 112 cm³/mol. The lowest BCUT2D eigenvalue weighted by Crippen LogP contribution is -2.53. The molecule has 0 spiro atoms. The maximum absolute atomic E-state index is 14.1. The third-order valence-electron chi connectivity index (χ3n) is 5.12. The van der Waals surface area contributed by atoms with Gasteiger partial charge in [-0.1, -0.05) is 44.2 Å². The number of carbonyl (C=O) groups is 2. The highest BCUT2D eigenvalue weighted by Gasteiger charge is 2.29. The van der Waals surface area contributed by atoms with Crippen LogP contribution in [0.3, 0.4) is 0 Å². The fourth-order valence-electron chi connectivity index (χ4n) is 3.56. The van der Waals surface area contributed by atoms with Crippen LogP contribution in [0.5, 0.6) is 0 Å². The standard InChI is InChI=1S/C23H28FN3O2/c1-14(2)10-21(23(29)26-19-9-8-15(3)11-18(19)24)27-22(28)20-12-16-6-4-5-7-17(16)13-25-20/h4-9,11,14,20-21,25H,10,12-13H2,1-3H3,(H,26,29)(H,27,28). The zero-order valence-corrected chi connectivity index (χ0v) is 17.1. The number of hydrogen-bond donors (Lipinski definition) is 3. The first-order valence-corrected chi connectivity index (χ1v) is 10.0. The highest BCUT2D eigenvalue weighted by molar-refractivity contribution is 5.98. The molecule has 0 saturated carbocycles. The van der Waals surface area contributed by atoms with E-state index in [0.717, 1.165) is 11.1 Å². The first kappa shape index (κ1) is 21.0. The van der Waals surface area contributed by atoms with E-state index in [1.165, 1.54) is 17.7 Å². The third kappa shape index (κ3) is 5.41. The maximum atomic E-state index is 14.1. The van der Waals surface area contributed by atoms with E-state index in [-0.39, 0.29) is 17.5 Å². The molecule has 1 aliphatic heterocycles. The largest absolute Gasteiger partial charge is 0.343 e. The van der Waals surface area contributed by atoms with Gasteiger partial charge in [0.1, 0.15) is 11.9 Å². The van der Waals surface area contributed by atoms with Crippen molar-refractivity contribution < 1.29 is 14.0 Å². The minimum Gasteiger partial charge on any atom is -0.343 e. The van der Waals surface area contributed by atoms with Gasteiger partial charge in [-0.15, -0.1) is 0 Å². The Balaban J connectivity index is 1.68. The van der Waals surface area contributed by atoms with Gasteiger partial charge >= 0.3 is 0 Å². The molecule has 2 amide bonds. The summed E-state index contributed by atoms with van der Waals surface area (Å²) in [7, 11) is 0. The summed E-state index contributed by atoms with van der Waals surface area (Å²) in [6, 6.07) is 11.5. The van der Waals surface area contributed by atoms with E-state index in [1.54, 1.807) is 13.0 Å². The number of nitrogens with one attached hydrogen (secondary N) is 3. The van der Waals surface area contributed by atoms with Crippen LogP contribution in [0.1, 0.15) is 37.0 Å². The van der Waals surface area contributed by atoms with Gasteiger partial charge < -0.3 is 16.0 Å². The van der Waals surface area contributed by atoms with Gasteiger partial charge in [0.05, 0.1) is 11.7 Å². The zero-order valence-electron chi connectivity index (χ0n) is 17.1. The summed E-state index contributed by atoms with van der Waals surface area (Å²) in [5, 5.41) is 8.72. The lowest BCUT2D eigenvalue weighted by Gasteiger charge is -2.28. The average molecular weight is 397 g/mol. The van der Waals surface area contributed by atoms with Gasteiger partial charge in [0.25, 0.3) is 0 Å². The molecule has 3 N–H and O–H groups in total. The summed E-state index contributed by atoms with van der Waals surface area (Å²) in [5.74, 6) is -0.928. The highest BCUT2D eigenvalue weighted by atomic mass is 19.1. The van der Waals surface area contributed by atoms with E-state index in [4.69, 9.17) is 0 Å². The molecule has 0 aliphatic carbocycles. The van der Waals surface area contributed by atoms with Crippen LogP contribution in [0.2, 0.25) is 0 Å². The van der Waals surface area contributed by atoms with Crippen molar-refractivity contribution in [3.63, 3.8) is 0 Å². The second kappa shape index (κ2) is 9.18. The van der Waals surface area contributed by atoms with E-state index in [0.29, 0.717) is 19.4 Å². The molecule has 5 nitrogen and oxygen atoms in total. The van der Waals surface area contributed by atoms with Crippen molar-refractivity contribution in [2.75, 3.05) is 5.32 Å². The van der Waals surface area contributed by atoms with Gasteiger partial charge in [-0.05, 0) is 54.5 Å². The highest BCUT2D eigenvalue weighted by Crippen LogP contribution is 2.18. The first-order valence-electron chi connectivity index (χ1n) is 10.0. The van der Waals surface area contributed by atoms with E-state index < -0.39 is 23.8 Å². The monoisotopic (exact) mass is 397 g/mol. The minimum atomic E-state index is -0.734. The summed E-state index contributed by atoms with van der Waals surface area (Å²) in [6.45, 7) is 6.36. The molecule has 2 atom stereocenters. The zero-order chi connectivity index (χ0) is 21.0. The van der Waals surface area contributed by atoms with E-state index in [1.807, 2.05) is 38.1 Å². The Kier molecular flexibility index (Phi) is 6.64. The van der Waals surface area contributed by atoms with Gasteiger partial charge in [0, 0.05) is 6.54 Å². The van der Waals surface area contributed by atoms with Crippen LogP contribution < -0.4 is 16.0 Å². The number of benzene rings is 2. The van der Waals surface area contributed by atoms with Crippen LogP contribution in [0.4, 0.5) is 10.1 Å². The number of anilines is 1. The van der Waals surface area contributed by atoms with Crippen LogP contribution in [0.25, 0.3) is 0 Å². The van der Waals surface area contributed by atoms with Crippen LogP contribution in [-0.2, 0) is 22.6 Å². The molecule has 0 fully saturated rings. The van der Waals surface area contributed by atoms with Crippen LogP contribution in [-0.4, -0.2) is 23.9 Å². The Bertz CT molecular complexity index is 897. The molecule has 0 saturated heterocycles. The van der Waals surface area contributed by atoms with Gasteiger partial charge in [-0.25, -0.2) is 4.39 Å². The molecule has 2 aromatic rings. The van der Waals surface area contributed by atoms with Crippen LogP contribution in [0, 0.1) is 18.7 Å². The summed E-state index contributed by atoms with van der Waals surface area (Å²) in [4.78, 5) is 25.6. The molecule has 6 heteroatoms. The van der Waals surface area contributed by atoms with Crippen molar-refractivity contribution in [2.24, 2.45) is 5.92 Å². The molecule has 154 valence electrons. The Hall–Kier alpha value is -2.73. The van der Waals surface area contributed by atoms with Crippen LogP contribution in [0.15, 0.2) is 42.5 Å². The van der Waals surface area contributed by atoms with Crippen molar-refractivity contribution in [3.05, 3.63) is 65.0 Å². The molecule has 29 heavy (non-hydrogen) atoms. The van der Waals surface area contributed by atoms with E-state index in [9.17, 15) is 14.0 Å². The number of hydrogen-bond acceptors (Lipinski definition) is 3. The number of fused-ring (bicyclic) bond motifs is 1. The summed E-state index contributed by atoms with van der Waals surface area (Å²) in [5.41, 5.74) is 3.21. The quantitative estimate of drug-likeness (QED) is 0.700. The summed E-state index contributed by atoms with van der Waals surface area (Å²) < 4.78 is 14.1. The van der Waals surface area contributed by atoms with Gasteiger partial charge in [0.2, 0.25) is 11.8 Å². The number of aryl methyl sites for hydroxylation is 1. The normalized spacial score (nSPS) is 16.8. The summed E-state index contributed by atoms with van der Waals surface area (Å²) in [6.07, 6.45) is 1.04. The first-order chi connectivity index (χ1) is 13.8. The molecule has 0 aromatic heterocycles. The van der Waals surface area contributed by atoms with Crippen molar-refractivity contribution in [2.45, 2.75) is 52.2 Å². The Morgan fingerprint density at radius 3 is 2.59 bits per heavy atom. The van der Waals surface area contributed by atoms with Gasteiger partial charge in [0.15, 0.2) is 0 Å². The van der Waals surface area contributed by atoms with Gasteiger partial charge in [-0.2, -0.15) is 0 Å². The second-order valence-corrected chi connectivity index (χ2v) is 8.07. The van der Waals surface area contributed by atoms with E-state index >= 15 is 0 Å². The van der Waals surface area contributed by atoms with Crippen molar-refractivity contribution in [1.82, 2.24) is 10.6 Å². The average Bonchev–Trinajstić information content (AvgIpc) is 2.68. The lowest BCUT2D eigenvalue weighted by molar-refractivity contribution is -0.128. The molecule has 1 aliphatic rings. The van der Waals surface area contributed by atoms with Crippen molar-refractivity contribution in [1.29, 1.82) is 0 Å². The SMILES string of the molecule is Cc1ccc(NC(=O)C(CC(C)C)NC(=O)C2Cc3ccccc3CN2)c(F)c1. The van der Waals surface area contributed by atoms with Gasteiger partial charge in [-0.3, -0.25) is 9.59 Å². The number of rotatable bonds is 6. The number of amides is 2. The second-order valence-electron chi connectivity index (χ2n) is 8.07. The number of halogens is 1. The Morgan fingerprint density at radius 2 is 1.90 bits per heavy atom. The molecule has 2 aromatic carbocycles. The minimum absolute atomic E-state index is 0.119. The predicted octanol–water partition coefficient (Wildman–Crippen LogP) is 3.32. The van der Waals surface area contributed by atoms with Crippen molar-refractivity contribution in [3.8, 4) is 0 Å². The molecule has 0 bridgehead atoms.